The van der Waals surface area contributed by atoms with Gasteiger partial charge in [-0.3, -0.25) is 0 Å². The Kier molecular flexibility index (Phi) is 3.03. The molecular formula is C8H12F3N3O. The molecule has 0 aliphatic rings. The summed E-state index contributed by atoms with van der Waals surface area (Å²) in [6.07, 6.45) is -5.25. The van der Waals surface area contributed by atoms with Crippen molar-refractivity contribution in [1.82, 2.24) is 10.1 Å². The van der Waals surface area contributed by atoms with Crippen LogP contribution in [0.1, 0.15) is 25.6 Å². The van der Waals surface area contributed by atoms with Crippen LogP contribution in [0.2, 0.25) is 0 Å². The highest BCUT2D eigenvalue weighted by molar-refractivity contribution is 4.93. The molecule has 1 heterocycles. The lowest BCUT2D eigenvalue weighted by atomic mass is 10.0. The number of hydrogen-bond donors (Lipinski definition) is 1. The van der Waals surface area contributed by atoms with Crippen molar-refractivity contribution in [3.63, 3.8) is 0 Å². The molecule has 0 saturated heterocycles. The van der Waals surface area contributed by atoms with Gasteiger partial charge in [-0.1, -0.05) is 5.16 Å². The fraction of sp³-hybridized carbons (Fsp3) is 0.750. The molecule has 86 valence electrons. The van der Waals surface area contributed by atoms with Crippen molar-refractivity contribution in [2.75, 3.05) is 0 Å². The van der Waals surface area contributed by atoms with Crippen LogP contribution >= 0.6 is 0 Å². The number of halogens is 3. The molecule has 1 aromatic heterocycles. The highest BCUT2D eigenvalue weighted by atomic mass is 19.4. The summed E-state index contributed by atoms with van der Waals surface area (Å²) < 4.78 is 40.5. The zero-order chi connectivity index (χ0) is 11.7. The molecule has 0 aromatic carbocycles. The van der Waals surface area contributed by atoms with E-state index in [1.54, 1.807) is 13.8 Å². The monoisotopic (exact) mass is 223 g/mol. The minimum atomic E-state index is -4.32. The Morgan fingerprint density at radius 1 is 1.27 bits per heavy atom. The van der Waals surface area contributed by atoms with E-state index in [1.165, 1.54) is 0 Å². The molecule has 15 heavy (non-hydrogen) atoms. The van der Waals surface area contributed by atoms with Gasteiger partial charge in [-0.05, 0) is 13.8 Å². The summed E-state index contributed by atoms with van der Waals surface area (Å²) in [5.41, 5.74) is 5.07. The molecule has 0 atom stereocenters. The molecule has 7 heteroatoms. The SMILES string of the molecule is CC(C)(N)Cc1nc(CC(F)(F)F)no1. The Bertz CT molecular complexity index is 296. The van der Waals surface area contributed by atoms with E-state index in [1.807, 2.05) is 0 Å². The van der Waals surface area contributed by atoms with Crippen molar-refractivity contribution in [2.45, 2.75) is 38.4 Å². The van der Waals surface area contributed by atoms with Gasteiger partial charge in [0.1, 0.15) is 6.42 Å². The van der Waals surface area contributed by atoms with Crippen molar-refractivity contribution in [3.05, 3.63) is 11.7 Å². The first-order valence-corrected chi connectivity index (χ1v) is 4.33. The number of nitrogens with zero attached hydrogens (tertiary/aromatic N) is 2. The highest BCUT2D eigenvalue weighted by Gasteiger charge is 2.30. The topological polar surface area (TPSA) is 64.9 Å². The molecule has 0 fully saturated rings. The quantitative estimate of drug-likeness (QED) is 0.842. The zero-order valence-corrected chi connectivity index (χ0v) is 8.43. The molecule has 0 amide bonds. The maximum atomic E-state index is 11.9. The van der Waals surface area contributed by atoms with Crippen LogP contribution < -0.4 is 5.73 Å². The molecule has 2 N–H and O–H groups in total. The van der Waals surface area contributed by atoms with E-state index in [0.717, 1.165) is 0 Å². The minimum absolute atomic E-state index is 0.127. The third-order valence-electron chi connectivity index (χ3n) is 1.48. The molecule has 0 saturated carbocycles. The van der Waals surface area contributed by atoms with Gasteiger partial charge in [0.25, 0.3) is 0 Å². The van der Waals surface area contributed by atoms with Gasteiger partial charge >= 0.3 is 6.18 Å². The number of rotatable bonds is 3. The normalized spacial score (nSPS) is 13.2. The fourth-order valence-corrected chi connectivity index (χ4v) is 1.00. The number of alkyl halides is 3. The maximum absolute atomic E-state index is 11.9. The van der Waals surface area contributed by atoms with Gasteiger partial charge in [0.15, 0.2) is 5.82 Å². The fourth-order valence-electron chi connectivity index (χ4n) is 1.00. The van der Waals surface area contributed by atoms with Crippen LogP contribution in [0.15, 0.2) is 4.52 Å². The van der Waals surface area contributed by atoms with Gasteiger partial charge in [0.2, 0.25) is 5.89 Å². The molecule has 0 unspecified atom stereocenters. The van der Waals surface area contributed by atoms with Crippen LogP contribution in [-0.4, -0.2) is 21.9 Å². The van der Waals surface area contributed by atoms with E-state index in [4.69, 9.17) is 5.73 Å². The Morgan fingerprint density at radius 3 is 2.33 bits per heavy atom. The van der Waals surface area contributed by atoms with Crippen molar-refractivity contribution in [1.29, 1.82) is 0 Å². The maximum Gasteiger partial charge on any atom is 0.396 e. The van der Waals surface area contributed by atoms with E-state index in [-0.39, 0.29) is 18.1 Å². The Hall–Kier alpha value is -1.11. The lowest BCUT2D eigenvalue weighted by Gasteiger charge is -2.14. The molecular weight excluding hydrogens is 211 g/mol. The van der Waals surface area contributed by atoms with Gasteiger partial charge in [-0.15, -0.1) is 0 Å². The van der Waals surface area contributed by atoms with E-state index >= 15 is 0 Å². The van der Waals surface area contributed by atoms with Crippen molar-refractivity contribution in [2.24, 2.45) is 5.73 Å². The van der Waals surface area contributed by atoms with Gasteiger partial charge in [-0.25, -0.2) is 0 Å². The molecule has 0 bridgehead atoms. The zero-order valence-electron chi connectivity index (χ0n) is 8.43. The van der Waals surface area contributed by atoms with Gasteiger partial charge in [0.05, 0.1) is 0 Å². The second kappa shape index (κ2) is 3.80. The molecule has 1 aromatic rings. The third kappa shape index (κ3) is 4.78. The first-order valence-electron chi connectivity index (χ1n) is 4.33. The summed E-state index contributed by atoms with van der Waals surface area (Å²) >= 11 is 0. The van der Waals surface area contributed by atoms with Crippen LogP contribution in [0.5, 0.6) is 0 Å². The smallest absolute Gasteiger partial charge is 0.339 e. The second-order valence-corrected chi connectivity index (χ2v) is 4.06. The van der Waals surface area contributed by atoms with Gasteiger partial charge in [0, 0.05) is 12.0 Å². The van der Waals surface area contributed by atoms with Crippen molar-refractivity contribution >= 4 is 0 Å². The Balaban J connectivity index is 2.65. The lowest BCUT2D eigenvalue weighted by molar-refractivity contribution is -0.128. The average Bonchev–Trinajstić information content (AvgIpc) is 2.28. The Morgan fingerprint density at radius 2 is 1.87 bits per heavy atom. The van der Waals surface area contributed by atoms with Crippen molar-refractivity contribution in [3.8, 4) is 0 Å². The number of aromatic nitrogens is 2. The van der Waals surface area contributed by atoms with Gasteiger partial charge in [-0.2, -0.15) is 18.2 Å². The van der Waals surface area contributed by atoms with E-state index in [9.17, 15) is 13.2 Å². The predicted octanol–water partition coefficient (Wildman–Crippen LogP) is 1.45. The van der Waals surface area contributed by atoms with E-state index in [0.29, 0.717) is 0 Å². The van der Waals surface area contributed by atoms with Crippen LogP contribution in [0, 0.1) is 0 Å². The molecule has 4 nitrogen and oxygen atoms in total. The van der Waals surface area contributed by atoms with E-state index < -0.39 is 18.1 Å². The van der Waals surface area contributed by atoms with Crippen molar-refractivity contribution < 1.29 is 17.7 Å². The highest BCUT2D eigenvalue weighted by Crippen LogP contribution is 2.19. The first-order chi connectivity index (χ1) is 6.66. The van der Waals surface area contributed by atoms with Crippen LogP contribution in [0.25, 0.3) is 0 Å². The molecule has 0 aliphatic carbocycles. The van der Waals surface area contributed by atoms with Crippen LogP contribution in [-0.2, 0) is 12.8 Å². The molecule has 0 radical (unpaired) electrons. The van der Waals surface area contributed by atoms with Crippen LogP contribution in [0.4, 0.5) is 13.2 Å². The van der Waals surface area contributed by atoms with E-state index in [2.05, 4.69) is 14.7 Å². The summed E-state index contributed by atoms with van der Waals surface area (Å²) in [6, 6.07) is 0. The average molecular weight is 223 g/mol. The standard InChI is InChI=1S/C8H12F3N3O/c1-7(2,12)4-6-13-5(14-15-6)3-8(9,10)11/h3-4,12H2,1-2H3. The summed E-state index contributed by atoms with van der Waals surface area (Å²) in [5.74, 6) is -0.233. The first kappa shape index (κ1) is 12.0. The summed E-state index contributed by atoms with van der Waals surface area (Å²) in [7, 11) is 0. The lowest BCUT2D eigenvalue weighted by Crippen LogP contribution is -2.34. The van der Waals surface area contributed by atoms with Gasteiger partial charge < -0.3 is 10.3 Å². The van der Waals surface area contributed by atoms with Crippen LogP contribution in [0.3, 0.4) is 0 Å². The largest absolute Gasteiger partial charge is 0.396 e. The predicted molar refractivity (Wildman–Crippen MR) is 46.0 cm³/mol. The number of hydrogen-bond acceptors (Lipinski definition) is 4. The molecule has 0 spiro atoms. The second-order valence-electron chi connectivity index (χ2n) is 4.06. The molecule has 0 aliphatic heterocycles. The summed E-state index contributed by atoms with van der Waals surface area (Å²) in [5, 5.41) is 3.22. The minimum Gasteiger partial charge on any atom is -0.339 e. The summed E-state index contributed by atoms with van der Waals surface area (Å²) in [4.78, 5) is 3.60. The third-order valence-corrected chi connectivity index (χ3v) is 1.48. The summed E-state index contributed by atoms with van der Waals surface area (Å²) in [6.45, 7) is 3.45. The Labute approximate surface area is 84.6 Å². The number of nitrogens with two attached hydrogens (primary N) is 1. The molecule has 1 rings (SSSR count).